The van der Waals surface area contributed by atoms with E-state index in [1.54, 1.807) is 33.9 Å². The summed E-state index contributed by atoms with van der Waals surface area (Å²) in [4.78, 5) is 21.6. The highest BCUT2D eigenvalue weighted by Crippen LogP contribution is 2.44. The van der Waals surface area contributed by atoms with Crippen LogP contribution in [0, 0.1) is 24.7 Å². The van der Waals surface area contributed by atoms with Crippen molar-refractivity contribution in [2.45, 2.75) is 65.6 Å². The molecule has 0 spiro atoms. The third kappa shape index (κ3) is 5.59. The van der Waals surface area contributed by atoms with Gasteiger partial charge in [-0.15, -0.1) is 0 Å². The summed E-state index contributed by atoms with van der Waals surface area (Å²) in [6.07, 6.45) is 0.307. The minimum absolute atomic E-state index is 0.0560. The van der Waals surface area contributed by atoms with Crippen molar-refractivity contribution in [3.63, 3.8) is 0 Å². The number of carbonyl (C=O) groups is 1. The molecule has 0 aromatic heterocycles. The molecule has 1 aliphatic heterocycles. The van der Waals surface area contributed by atoms with Crippen molar-refractivity contribution in [1.29, 1.82) is 0 Å². The zero-order chi connectivity index (χ0) is 27.8. The normalized spacial score (nSPS) is 24.2. The Balaban J connectivity index is 1.60. The van der Waals surface area contributed by atoms with E-state index in [4.69, 9.17) is 15.2 Å². The minimum atomic E-state index is -4.50. The molecule has 1 fully saturated rings. The number of hydrogen-bond acceptors (Lipinski definition) is 7. The van der Waals surface area contributed by atoms with Gasteiger partial charge >= 0.3 is 12.1 Å². The number of rotatable bonds is 6. The largest absolute Gasteiger partial charge is 0.497 e. The average Bonchev–Trinajstić information content (AvgIpc) is 3.34. The summed E-state index contributed by atoms with van der Waals surface area (Å²) in [5.74, 6) is 1.59. The highest BCUT2D eigenvalue weighted by molar-refractivity contribution is 6.01. The molecule has 0 radical (unpaired) electrons. The van der Waals surface area contributed by atoms with Gasteiger partial charge in [0.05, 0.1) is 42.9 Å². The Bertz CT molecular complexity index is 1230. The third-order valence-corrected chi connectivity index (χ3v) is 7.65. The summed E-state index contributed by atoms with van der Waals surface area (Å²) in [7, 11) is 1.63. The molecule has 1 aromatic rings. The maximum Gasteiger partial charge on any atom is 0.416 e. The monoisotopic (exact) mass is 532 g/mol. The van der Waals surface area contributed by atoms with Crippen LogP contribution >= 0.6 is 0 Å². The second kappa shape index (κ2) is 10.8. The summed E-state index contributed by atoms with van der Waals surface area (Å²) < 4.78 is 51.8. The van der Waals surface area contributed by atoms with Crippen molar-refractivity contribution in [2.75, 3.05) is 19.5 Å². The van der Waals surface area contributed by atoms with E-state index in [1.165, 1.54) is 6.92 Å². The second-order valence-electron chi connectivity index (χ2n) is 10.2. The number of nitrogen functional groups attached to an aromatic ring is 1. The van der Waals surface area contributed by atoms with Crippen LogP contribution < -0.4 is 11.1 Å². The molecular formula is C28H35F3N4O3. The lowest BCUT2D eigenvalue weighted by molar-refractivity contribution is -0.147. The second-order valence-corrected chi connectivity index (χ2v) is 10.2. The molecule has 38 heavy (non-hydrogen) atoms. The molecule has 1 saturated carbocycles. The number of anilines is 1. The van der Waals surface area contributed by atoms with E-state index < -0.39 is 17.8 Å². The maximum atomic E-state index is 13.6. The summed E-state index contributed by atoms with van der Waals surface area (Å²) >= 11 is 0. The quantitative estimate of drug-likeness (QED) is 0.353. The molecule has 4 unspecified atom stereocenters. The van der Waals surface area contributed by atoms with E-state index >= 15 is 0 Å². The molecule has 4 rings (SSSR count). The number of allylic oxidation sites excluding steroid dienone is 2. The van der Waals surface area contributed by atoms with Gasteiger partial charge in [-0.2, -0.15) is 13.2 Å². The fourth-order valence-corrected chi connectivity index (χ4v) is 5.83. The van der Waals surface area contributed by atoms with Crippen LogP contribution in [0.2, 0.25) is 0 Å². The Kier molecular flexibility index (Phi) is 7.90. The molecule has 3 N–H and O–H groups in total. The van der Waals surface area contributed by atoms with Crippen molar-refractivity contribution < 1.29 is 27.4 Å². The molecule has 0 amide bonds. The first-order valence-corrected chi connectivity index (χ1v) is 13.0. The fourth-order valence-electron chi connectivity index (χ4n) is 5.83. The number of fused-ring (bicyclic) bond motifs is 1. The van der Waals surface area contributed by atoms with Gasteiger partial charge in [0.25, 0.3) is 0 Å². The van der Waals surface area contributed by atoms with Crippen molar-refractivity contribution >= 4 is 23.3 Å². The fraction of sp³-hybridized carbons (Fsp3) is 0.536. The number of aliphatic imine (C=N–C) groups is 2. The molecule has 0 bridgehead atoms. The van der Waals surface area contributed by atoms with Gasteiger partial charge < -0.3 is 20.5 Å². The van der Waals surface area contributed by atoms with E-state index in [-0.39, 0.29) is 35.0 Å². The molecule has 0 saturated heterocycles. The van der Waals surface area contributed by atoms with Crippen LogP contribution in [-0.2, 0) is 20.4 Å². The zero-order valence-corrected chi connectivity index (χ0v) is 22.4. The SMILES string of the molecule is CCOC(=O)C1CCC(C2=C(OC)C=C3N=C(C)N=C(NC(C)c4cc(N)cc(C(F)(F)F)c4C)C3C2)C1. The molecular weight excluding hydrogens is 497 g/mol. The number of nitrogens with two attached hydrogens (primary N) is 1. The number of esters is 1. The van der Waals surface area contributed by atoms with Gasteiger partial charge in [-0.1, -0.05) is 0 Å². The van der Waals surface area contributed by atoms with Crippen LogP contribution in [0.3, 0.4) is 0 Å². The van der Waals surface area contributed by atoms with E-state index in [1.807, 2.05) is 6.08 Å². The van der Waals surface area contributed by atoms with E-state index in [0.717, 1.165) is 35.9 Å². The third-order valence-electron chi connectivity index (χ3n) is 7.65. The Morgan fingerprint density at radius 1 is 1.24 bits per heavy atom. The number of hydrogen-bond donors (Lipinski definition) is 2. The number of halogens is 3. The summed E-state index contributed by atoms with van der Waals surface area (Å²) in [5, 5.41) is 3.37. The number of alkyl halides is 3. The van der Waals surface area contributed by atoms with E-state index in [2.05, 4.69) is 15.3 Å². The van der Waals surface area contributed by atoms with Crippen molar-refractivity contribution in [3.05, 3.63) is 51.9 Å². The number of amidine groups is 2. The van der Waals surface area contributed by atoms with E-state index in [9.17, 15) is 18.0 Å². The molecule has 2 aliphatic carbocycles. The number of carbonyl (C=O) groups excluding carboxylic acids is 1. The lowest BCUT2D eigenvalue weighted by atomic mass is 9.81. The van der Waals surface area contributed by atoms with Crippen LogP contribution in [0.4, 0.5) is 18.9 Å². The topological polar surface area (TPSA) is 98.3 Å². The average molecular weight is 533 g/mol. The molecule has 4 atom stereocenters. The lowest BCUT2D eigenvalue weighted by Crippen LogP contribution is -2.38. The molecule has 1 aromatic carbocycles. The Morgan fingerprint density at radius 3 is 2.63 bits per heavy atom. The van der Waals surface area contributed by atoms with Crippen LogP contribution in [-0.4, -0.2) is 31.4 Å². The summed E-state index contributed by atoms with van der Waals surface area (Å²) in [6, 6.07) is 2.06. The predicted octanol–water partition coefficient (Wildman–Crippen LogP) is 5.86. The first kappa shape index (κ1) is 27.7. The number of benzene rings is 1. The first-order valence-electron chi connectivity index (χ1n) is 13.0. The Morgan fingerprint density at radius 2 is 1.97 bits per heavy atom. The maximum absolute atomic E-state index is 13.6. The molecule has 7 nitrogen and oxygen atoms in total. The van der Waals surface area contributed by atoms with Crippen LogP contribution in [0.25, 0.3) is 0 Å². The lowest BCUT2D eigenvalue weighted by Gasteiger charge is -2.33. The van der Waals surface area contributed by atoms with Gasteiger partial charge in [0, 0.05) is 11.8 Å². The summed E-state index contributed by atoms with van der Waals surface area (Å²) in [5.41, 5.74) is 7.65. The van der Waals surface area contributed by atoms with Crippen LogP contribution in [0.5, 0.6) is 0 Å². The molecule has 3 aliphatic rings. The Hall–Kier alpha value is -3.30. The highest BCUT2D eigenvalue weighted by Gasteiger charge is 2.39. The zero-order valence-electron chi connectivity index (χ0n) is 22.4. The number of ether oxygens (including phenoxy) is 2. The van der Waals surface area contributed by atoms with Crippen LogP contribution in [0.15, 0.2) is 45.2 Å². The standard InChI is InChI=1S/C28H35F3N4O3/c1-6-38-27(36)18-8-7-17(9-18)21-12-22-24(13-25(21)37-5)34-16(4)35-26(22)33-15(3)20-10-19(32)11-23(14(20)2)28(29,30)31/h10-11,13,15,17-18,22H,6-9,12,32H2,1-5H3,(H,33,34,35). The predicted molar refractivity (Wildman–Crippen MR) is 140 cm³/mol. The van der Waals surface area contributed by atoms with Gasteiger partial charge in [-0.05, 0) is 88.1 Å². The van der Waals surface area contributed by atoms with Gasteiger partial charge in [-0.25, -0.2) is 9.98 Å². The van der Waals surface area contributed by atoms with Crippen LogP contribution in [0.1, 0.15) is 69.2 Å². The van der Waals surface area contributed by atoms with Gasteiger partial charge in [0.15, 0.2) is 0 Å². The smallest absolute Gasteiger partial charge is 0.416 e. The van der Waals surface area contributed by atoms with Crippen molar-refractivity contribution in [2.24, 2.45) is 27.7 Å². The van der Waals surface area contributed by atoms with Crippen molar-refractivity contribution in [1.82, 2.24) is 5.32 Å². The summed E-state index contributed by atoms with van der Waals surface area (Å²) in [6.45, 7) is 7.21. The van der Waals surface area contributed by atoms with Gasteiger partial charge in [-0.3, -0.25) is 4.79 Å². The molecule has 206 valence electrons. The van der Waals surface area contributed by atoms with E-state index in [0.29, 0.717) is 36.7 Å². The number of methoxy groups -OCH3 is 1. The highest BCUT2D eigenvalue weighted by atomic mass is 19.4. The minimum Gasteiger partial charge on any atom is -0.497 e. The Labute approximate surface area is 221 Å². The number of nitrogens with one attached hydrogen (secondary N) is 1. The molecule has 10 heteroatoms. The molecule has 1 heterocycles. The van der Waals surface area contributed by atoms with Gasteiger partial charge in [0.1, 0.15) is 17.4 Å². The van der Waals surface area contributed by atoms with Gasteiger partial charge in [0.2, 0.25) is 0 Å². The number of nitrogens with zero attached hydrogens (tertiary/aromatic N) is 2. The first-order chi connectivity index (χ1) is 17.9. The van der Waals surface area contributed by atoms with Crippen molar-refractivity contribution in [3.8, 4) is 0 Å².